The number of carbonyl (C=O) groups excluding carboxylic acids is 1. The lowest BCUT2D eigenvalue weighted by Gasteiger charge is -2.15. The maximum atomic E-state index is 11.6. The normalized spacial score (nSPS) is 12.0. The third-order valence-corrected chi connectivity index (χ3v) is 2.92. The van der Waals surface area contributed by atoms with Crippen molar-refractivity contribution < 1.29 is 9.53 Å². The van der Waals surface area contributed by atoms with E-state index in [1.54, 1.807) is 19.1 Å². The number of ether oxygens (including phenoxy) is 1. The summed E-state index contributed by atoms with van der Waals surface area (Å²) in [5.74, 6) is 0.364. The molecular formula is C12H15BrClNO2. The van der Waals surface area contributed by atoms with Crippen LogP contribution in [0.15, 0.2) is 22.7 Å². The third-order valence-electron chi connectivity index (χ3n) is 2.12. The van der Waals surface area contributed by atoms with Crippen molar-refractivity contribution >= 4 is 33.4 Å². The molecule has 0 aliphatic rings. The van der Waals surface area contributed by atoms with Crippen LogP contribution in [0.3, 0.4) is 0 Å². The molecular weight excluding hydrogens is 305 g/mol. The molecule has 0 saturated heterocycles. The molecule has 1 atom stereocenters. The van der Waals surface area contributed by atoms with E-state index < -0.39 is 6.10 Å². The van der Waals surface area contributed by atoms with Crippen LogP contribution in [0.5, 0.6) is 5.75 Å². The lowest BCUT2D eigenvalue weighted by Crippen LogP contribution is -2.36. The molecule has 5 heteroatoms. The maximum Gasteiger partial charge on any atom is 0.260 e. The van der Waals surface area contributed by atoms with E-state index in [0.717, 1.165) is 10.9 Å². The lowest BCUT2D eigenvalue weighted by molar-refractivity contribution is -0.127. The number of halogens is 2. The highest BCUT2D eigenvalue weighted by atomic mass is 79.9. The van der Waals surface area contributed by atoms with Crippen LogP contribution in [-0.2, 0) is 4.79 Å². The molecule has 17 heavy (non-hydrogen) atoms. The zero-order chi connectivity index (χ0) is 12.8. The largest absolute Gasteiger partial charge is 0.479 e. The molecule has 1 unspecified atom stereocenters. The van der Waals surface area contributed by atoms with E-state index in [-0.39, 0.29) is 5.91 Å². The van der Waals surface area contributed by atoms with E-state index >= 15 is 0 Å². The van der Waals surface area contributed by atoms with Crippen molar-refractivity contribution in [3.8, 4) is 5.75 Å². The van der Waals surface area contributed by atoms with E-state index in [1.807, 2.05) is 13.0 Å². The minimum absolute atomic E-state index is 0.136. The molecule has 0 aromatic heterocycles. The Morgan fingerprint density at radius 2 is 2.29 bits per heavy atom. The highest BCUT2D eigenvalue weighted by Gasteiger charge is 2.15. The van der Waals surface area contributed by atoms with Gasteiger partial charge in [-0.25, -0.2) is 0 Å². The van der Waals surface area contributed by atoms with Crippen LogP contribution in [0.25, 0.3) is 0 Å². The first-order valence-corrected chi connectivity index (χ1v) is 6.61. The first kappa shape index (κ1) is 14.3. The Labute approximate surface area is 115 Å². The summed E-state index contributed by atoms with van der Waals surface area (Å²) < 4.78 is 6.37. The molecule has 0 fully saturated rings. The van der Waals surface area contributed by atoms with Crippen LogP contribution in [0, 0.1) is 0 Å². The average molecular weight is 321 g/mol. The Morgan fingerprint density at radius 1 is 1.59 bits per heavy atom. The van der Waals surface area contributed by atoms with E-state index in [1.165, 1.54) is 0 Å². The summed E-state index contributed by atoms with van der Waals surface area (Å²) >= 11 is 9.30. The zero-order valence-corrected chi connectivity index (χ0v) is 12.1. The first-order valence-electron chi connectivity index (χ1n) is 5.44. The van der Waals surface area contributed by atoms with Gasteiger partial charge in [-0.1, -0.05) is 34.5 Å². The minimum atomic E-state index is -0.562. The topological polar surface area (TPSA) is 38.3 Å². The smallest absolute Gasteiger partial charge is 0.260 e. The fourth-order valence-electron chi connectivity index (χ4n) is 1.20. The molecule has 3 nitrogen and oxygen atoms in total. The van der Waals surface area contributed by atoms with Crippen molar-refractivity contribution in [2.24, 2.45) is 0 Å². The number of carbonyl (C=O) groups is 1. The maximum absolute atomic E-state index is 11.6. The van der Waals surface area contributed by atoms with E-state index in [4.69, 9.17) is 16.3 Å². The number of rotatable bonds is 5. The van der Waals surface area contributed by atoms with Crippen LogP contribution < -0.4 is 10.1 Å². The molecule has 0 saturated carbocycles. The molecule has 94 valence electrons. The fraction of sp³-hybridized carbons (Fsp3) is 0.417. The van der Waals surface area contributed by atoms with Gasteiger partial charge >= 0.3 is 0 Å². The molecule has 1 amide bonds. The van der Waals surface area contributed by atoms with Gasteiger partial charge in [0, 0.05) is 11.0 Å². The van der Waals surface area contributed by atoms with Crippen LogP contribution >= 0.6 is 27.5 Å². The summed E-state index contributed by atoms with van der Waals surface area (Å²) in [7, 11) is 0. The number of hydrogen-bond donors (Lipinski definition) is 1. The Bertz CT molecular complexity index is 398. The van der Waals surface area contributed by atoms with Gasteiger partial charge in [-0.15, -0.1) is 0 Å². The summed E-state index contributed by atoms with van der Waals surface area (Å²) in [5.41, 5.74) is 0. The second-order valence-electron chi connectivity index (χ2n) is 3.63. The van der Waals surface area contributed by atoms with Gasteiger partial charge in [0.2, 0.25) is 0 Å². The third kappa shape index (κ3) is 4.56. The second kappa shape index (κ2) is 6.87. The summed E-state index contributed by atoms with van der Waals surface area (Å²) in [6.45, 7) is 4.35. The van der Waals surface area contributed by atoms with Gasteiger partial charge in [0.1, 0.15) is 5.75 Å². The van der Waals surface area contributed by atoms with Gasteiger partial charge in [-0.2, -0.15) is 0 Å². The molecule has 0 aliphatic carbocycles. The molecule has 0 aliphatic heterocycles. The quantitative estimate of drug-likeness (QED) is 0.903. The van der Waals surface area contributed by atoms with E-state index in [2.05, 4.69) is 21.2 Å². The van der Waals surface area contributed by atoms with Gasteiger partial charge in [0.15, 0.2) is 6.10 Å². The predicted molar refractivity (Wildman–Crippen MR) is 72.5 cm³/mol. The van der Waals surface area contributed by atoms with Gasteiger partial charge in [-0.3, -0.25) is 4.79 Å². The summed E-state index contributed by atoms with van der Waals surface area (Å²) in [6.07, 6.45) is 0.337. The Morgan fingerprint density at radius 3 is 2.94 bits per heavy atom. The molecule has 1 N–H and O–H groups in total. The van der Waals surface area contributed by atoms with Crippen molar-refractivity contribution in [2.45, 2.75) is 26.4 Å². The van der Waals surface area contributed by atoms with Gasteiger partial charge < -0.3 is 10.1 Å². The van der Waals surface area contributed by atoms with Gasteiger partial charge in [0.25, 0.3) is 5.91 Å². The SMILES string of the molecule is CCCNC(=O)C(C)Oc1cc(Br)ccc1Cl. The predicted octanol–water partition coefficient (Wildman–Crippen LogP) is 3.40. The lowest BCUT2D eigenvalue weighted by atomic mass is 10.3. The summed E-state index contributed by atoms with van der Waals surface area (Å²) in [4.78, 5) is 11.6. The minimum Gasteiger partial charge on any atom is -0.479 e. The molecule has 0 spiro atoms. The van der Waals surface area contributed by atoms with Crippen molar-refractivity contribution in [2.75, 3.05) is 6.54 Å². The monoisotopic (exact) mass is 319 g/mol. The van der Waals surface area contributed by atoms with Gasteiger partial charge in [0.05, 0.1) is 5.02 Å². The van der Waals surface area contributed by atoms with Crippen LogP contribution in [0.2, 0.25) is 5.02 Å². The number of amides is 1. The van der Waals surface area contributed by atoms with Crippen LogP contribution in [0.4, 0.5) is 0 Å². The first-order chi connectivity index (χ1) is 8.04. The summed E-state index contributed by atoms with van der Waals surface area (Å²) in [6, 6.07) is 5.28. The Hall–Kier alpha value is -0.740. The van der Waals surface area contributed by atoms with E-state index in [0.29, 0.717) is 17.3 Å². The highest BCUT2D eigenvalue weighted by Crippen LogP contribution is 2.28. The molecule has 0 heterocycles. The van der Waals surface area contributed by atoms with Gasteiger partial charge in [-0.05, 0) is 31.5 Å². The van der Waals surface area contributed by atoms with Crippen molar-refractivity contribution in [1.82, 2.24) is 5.32 Å². The average Bonchev–Trinajstić information content (AvgIpc) is 2.30. The van der Waals surface area contributed by atoms with Crippen molar-refractivity contribution in [3.63, 3.8) is 0 Å². The zero-order valence-electron chi connectivity index (χ0n) is 9.80. The summed E-state index contributed by atoms with van der Waals surface area (Å²) in [5, 5.41) is 3.26. The number of hydrogen-bond acceptors (Lipinski definition) is 2. The number of benzene rings is 1. The van der Waals surface area contributed by atoms with E-state index in [9.17, 15) is 4.79 Å². The second-order valence-corrected chi connectivity index (χ2v) is 4.95. The Kier molecular flexibility index (Phi) is 5.78. The van der Waals surface area contributed by atoms with Crippen LogP contribution in [0.1, 0.15) is 20.3 Å². The Balaban J connectivity index is 2.64. The molecule has 0 radical (unpaired) electrons. The van der Waals surface area contributed by atoms with Crippen molar-refractivity contribution in [3.05, 3.63) is 27.7 Å². The highest BCUT2D eigenvalue weighted by molar-refractivity contribution is 9.10. The molecule has 1 aromatic rings. The molecule has 1 rings (SSSR count). The van der Waals surface area contributed by atoms with Crippen molar-refractivity contribution in [1.29, 1.82) is 0 Å². The number of nitrogens with one attached hydrogen (secondary N) is 1. The fourth-order valence-corrected chi connectivity index (χ4v) is 1.71. The molecule has 1 aromatic carbocycles. The van der Waals surface area contributed by atoms with Crippen LogP contribution in [-0.4, -0.2) is 18.6 Å². The standard InChI is InChI=1S/C12H15BrClNO2/c1-3-6-15-12(16)8(2)17-11-7-9(13)4-5-10(11)14/h4-5,7-8H,3,6H2,1-2H3,(H,15,16). The molecule has 0 bridgehead atoms.